The molecule has 0 unspecified atom stereocenters. The van der Waals surface area contributed by atoms with Gasteiger partial charge in [0.15, 0.2) is 11.5 Å². The molecule has 0 radical (unpaired) electrons. The lowest BCUT2D eigenvalue weighted by atomic mass is 9.83. The van der Waals surface area contributed by atoms with E-state index in [-0.39, 0.29) is 17.4 Å². The van der Waals surface area contributed by atoms with Crippen LogP contribution < -0.4 is 9.47 Å². The van der Waals surface area contributed by atoms with Gasteiger partial charge in [-0.05, 0) is 30.0 Å². The van der Waals surface area contributed by atoms with E-state index >= 15 is 0 Å². The number of aliphatic hydroxyl groups is 1. The molecule has 0 spiro atoms. The molecule has 5 nitrogen and oxygen atoms in total. The number of rotatable bonds is 1. The van der Waals surface area contributed by atoms with Crippen LogP contribution in [0.15, 0.2) is 18.2 Å². The van der Waals surface area contributed by atoms with Crippen LogP contribution >= 0.6 is 0 Å². The summed E-state index contributed by atoms with van der Waals surface area (Å²) in [6.45, 7) is 7.97. The van der Waals surface area contributed by atoms with Crippen molar-refractivity contribution in [1.29, 1.82) is 0 Å². The molecule has 0 saturated carbocycles. The molecule has 2 aliphatic heterocycles. The number of aliphatic hydroxyl groups excluding tert-OH is 1. The third kappa shape index (κ3) is 3.15. The smallest absolute Gasteiger partial charge is 0.254 e. The summed E-state index contributed by atoms with van der Waals surface area (Å²) < 4.78 is 11.3. The minimum atomic E-state index is -0.473. The molecule has 1 fully saturated rings. The average Bonchev–Trinajstić information content (AvgIpc) is 2.74. The number of amides is 1. The van der Waals surface area contributed by atoms with Crippen LogP contribution in [0, 0.1) is 5.41 Å². The number of hydrogen-bond acceptors (Lipinski definition) is 4. The Morgan fingerprint density at radius 3 is 2.61 bits per heavy atom. The SMILES string of the molecule is CC(C)(C)[C@@H]1[C@H](O)CCN1C(=O)c1ccc2c(c1)OCCCO2. The van der Waals surface area contributed by atoms with Gasteiger partial charge in [-0.25, -0.2) is 0 Å². The first-order valence-electron chi connectivity index (χ1n) is 8.26. The van der Waals surface area contributed by atoms with Crippen molar-refractivity contribution < 1.29 is 19.4 Å². The van der Waals surface area contributed by atoms with Gasteiger partial charge in [0.2, 0.25) is 0 Å². The third-order valence-electron chi connectivity index (χ3n) is 4.51. The van der Waals surface area contributed by atoms with Gasteiger partial charge in [-0.1, -0.05) is 20.8 Å². The van der Waals surface area contributed by atoms with E-state index in [9.17, 15) is 9.90 Å². The highest BCUT2D eigenvalue weighted by atomic mass is 16.5. The number of ether oxygens (including phenoxy) is 2. The molecule has 23 heavy (non-hydrogen) atoms. The summed E-state index contributed by atoms with van der Waals surface area (Å²) in [6.07, 6.45) is 0.986. The van der Waals surface area contributed by atoms with Gasteiger partial charge in [-0.3, -0.25) is 4.79 Å². The van der Waals surface area contributed by atoms with Crippen molar-refractivity contribution in [2.75, 3.05) is 19.8 Å². The topological polar surface area (TPSA) is 59.0 Å². The molecule has 0 aliphatic carbocycles. The highest BCUT2D eigenvalue weighted by Gasteiger charge is 2.43. The van der Waals surface area contributed by atoms with Crippen molar-refractivity contribution in [1.82, 2.24) is 4.90 Å². The quantitative estimate of drug-likeness (QED) is 0.864. The molecule has 1 aromatic rings. The lowest BCUT2D eigenvalue weighted by Crippen LogP contribution is -2.47. The van der Waals surface area contributed by atoms with E-state index in [0.717, 1.165) is 6.42 Å². The zero-order chi connectivity index (χ0) is 16.6. The van der Waals surface area contributed by atoms with Gasteiger partial charge in [-0.2, -0.15) is 0 Å². The van der Waals surface area contributed by atoms with Crippen molar-refractivity contribution in [3.8, 4) is 11.5 Å². The fraction of sp³-hybridized carbons (Fsp3) is 0.611. The molecule has 126 valence electrons. The van der Waals surface area contributed by atoms with Gasteiger partial charge in [0.1, 0.15) is 0 Å². The van der Waals surface area contributed by atoms with E-state index in [1.165, 1.54) is 0 Å². The minimum absolute atomic E-state index is 0.0582. The molecule has 2 atom stereocenters. The predicted molar refractivity (Wildman–Crippen MR) is 87.0 cm³/mol. The zero-order valence-corrected chi connectivity index (χ0v) is 14.0. The van der Waals surface area contributed by atoms with E-state index in [1.807, 2.05) is 0 Å². The molecule has 5 heteroatoms. The number of fused-ring (bicyclic) bond motifs is 1. The maximum atomic E-state index is 12.9. The molecular formula is C18H25NO4. The summed E-state index contributed by atoms with van der Waals surface area (Å²) >= 11 is 0. The molecule has 1 saturated heterocycles. The summed E-state index contributed by atoms with van der Waals surface area (Å²) in [4.78, 5) is 14.7. The van der Waals surface area contributed by atoms with Crippen LogP contribution in [-0.2, 0) is 0 Å². The first-order valence-corrected chi connectivity index (χ1v) is 8.26. The van der Waals surface area contributed by atoms with Crippen LogP contribution in [0.1, 0.15) is 44.0 Å². The Hall–Kier alpha value is -1.75. The maximum absolute atomic E-state index is 12.9. The Morgan fingerprint density at radius 1 is 1.22 bits per heavy atom. The van der Waals surface area contributed by atoms with Gasteiger partial charge in [-0.15, -0.1) is 0 Å². The fourth-order valence-electron chi connectivity index (χ4n) is 3.51. The van der Waals surface area contributed by atoms with Gasteiger partial charge in [0, 0.05) is 18.5 Å². The molecular weight excluding hydrogens is 294 g/mol. The second-order valence-corrected chi connectivity index (χ2v) is 7.38. The Kier molecular flexibility index (Phi) is 4.23. The summed E-state index contributed by atoms with van der Waals surface area (Å²) in [5, 5.41) is 10.3. The second kappa shape index (κ2) is 6.04. The van der Waals surface area contributed by atoms with E-state index < -0.39 is 6.10 Å². The monoisotopic (exact) mass is 319 g/mol. The molecule has 1 amide bonds. The van der Waals surface area contributed by atoms with Crippen LogP contribution in [0.5, 0.6) is 11.5 Å². The van der Waals surface area contributed by atoms with Gasteiger partial charge < -0.3 is 19.5 Å². The summed E-state index contributed by atoms with van der Waals surface area (Å²) in [6, 6.07) is 5.16. The fourth-order valence-corrected chi connectivity index (χ4v) is 3.51. The van der Waals surface area contributed by atoms with Crippen molar-refractivity contribution in [2.45, 2.75) is 45.8 Å². The van der Waals surface area contributed by atoms with Crippen LogP contribution in [0.3, 0.4) is 0 Å². The zero-order valence-electron chi connectivity index (χ0n) is 14.0. The average molecular weight is 319 g/mol. The number of benzene rings is 1. The third-order valence-corrected chi connectivity index (χ3v) is 4.51. The minimum Gasteiger partial charge on any atom is -0.490 e. The Morgan fingerprint density at radius 2 is 1.91 bits per heavy atom. The van der Waals surface area contributed by atoms with E-state index in [4.69, 9.17) is 9.47 Å². The summed E-state index contributed by atoms with van der Waals surface area (Å²) in [7, 11) is 0. The Bertz CT molecular complexity index is 593. The largest absolute Gasteiger partial charge is 0.490 e. The first-order chi connectivity index (χ1) is 10.9. The van der Waals surface area contributed by atoms with E-state index in [2.05, 4.69) is 20.8 Å². The highest BCUT2D eigenvalue weighted by molar-refractivity contribution is 5.95. The second-order valence-electron chi connectivity index (χ2n) is 7.38. The molecule has 2 heterocycles. The van der Waals surface area contributed by atoms with Gasteiger partial charge in [0.05, 0.1) is 25.4 Å². The standard InChI is InChI=1S/C18H25NO4/c1-18(2,3)16-13(20)7-8-19(16)17(21)12-5-6-14-15(11-12)23-10-4-9-22-14/h5-6,11,13,16,20H,4,7-10H2,1-3H3/t13-,16+/m1/s1. The number of nitrogens with zero attached hydrogens (tertiary/aromatic N) is 1. The van der Waals surface area contributed by atoms with E-state index in [0.29, 0.717) is 43.2 Å². The molecule has 0 aromatic heterocycles. The number of likely N-dealkylation sites (tertiary alicyclic amines) is 1. The van der Waals surface area contributed by atoms with Crippen molar-refractivity contribution in [2.24, 2.45) is 5.41 Å². The first kappa shape index (κ1) is 16.1. The lowest BCUT2D eigenvalue weighted by molar-refractivity contribution is 0.0352. The number of hydrogen-bond donors (Lipinski definition) is 1. The van der Waals surface area contributed by atoms with Crippen molar-refractivity contribution >= 4 is 5.91 Å². The molecule has 3 rings (SSSR count). The van der Waals surface area contributed by atoms with Crippen molar-refractivity contribution in [3.63, 3.8) is 0 Å². The predicted octanol–water partition coefficient (Wildman–Crippen LogP) is 2.47. The molecule has 0 bridgehead atoms. The lowest BCUT2D eigenvalue weighted by Gasteiger charge is -2.36. The Labute approximate surface area is 137 Å². The molecule has 1 aromatic carbocycles. The summed E-state index contributed by atoms with van der Waals surface area (Å²) in [5.74, 6) is 1.26. The van der Waals surface area contributed by atoms with Crippen molar-refractivity contribution in [3.05, 3.63) is 23.8 Å². The molecule has 1 N–H and O–H groups in total. The Balaban J connectivity index is 1.87. The number of carbonyl (C=O) groups excluding carboxylic acids is 1. The van der Waals surface area contributed by atoms with Crippen LogP contribution in [0.2, 0.25) is 0 Å². The van der Waals surface area contributed by atoms with E-state index in [1.54, 1.807) is 23.1 Å². The number of carbonyl (C=O) groups is 1. The summed E-state index contributed by atoms with van der Waals surface area (Å²) in [5.41, 5.74) is 0.411. The van der Waals surface area contributed by atoms with Gasteiger partial charge >= 0.3 is 0 Å². The van der Waals surface area contributed by atoms with Crippen LogP contribution in [-0.4, -0.2) is 47.8 Å². The van der Waals surface area contributed by atoms with Crippen LogP contribution in [0.25, 0.3) is 0 Å². The highest BCUT2D eigenvalue weighted by Crippen LogP contribution is 2.36. The van der Waals surface area contributed by atoms with Crippen LogP contribution in [0.4, 0.5) is 0 Å². The van der Waals surface area contributed by atoms with Gasteiger partial charge in [0.25, 0.3) is 5.91 Å². The maximum Gasteiger partial charge on any atom is 0.254 e. The molecule has 2 aliphatic rings. The normalized spacial score (nSPS) is 24.4.